The second-order valence-corrected chi connectivity index (χ2v) is 6.06. The number of nitrogens with zero attached hydrogens (tertiary/aromatic N) is 3. The molecule has 0 atom stereocenters. The van der Waals surface area contributed by atoms with Crippen LogP contribution in [0.1, 0.15) is 13.3 Å². The van der Waals surface area contributed by atoms with Crippen LogP contribution in [0.2, 0.25) is 0 Å². The molecule has 3 rings (SSSR count). The van der Waals surface area contributed by atoms with E-state index in [-0.39, 0.29) is 11.0 Å². The van der Waals surface area contributed by atoms with Gasteiger partial charge in [-0.3, -0.25) is 0 Å². The van der Waals surface area contributed by atoms with Crippen LogP contribution in [0, 0.1) is 0 Å². The van der Waals surface area contributed by atoms with Gasteiger partial charge in [-0.2, -0.15) is 0 Å². The summed E-state index contributed by atoms with van der Waals surface area (Å²) in [7, 11) is 1.59. The fraction of sp³-hybridized carbons (Fsp3) is 0.211. The Morgan fingerprint density at radius 1 is 1.19 bits per heavy atom. The van der Waals surface area contributed by atoms with Gasteiger partial charge in [0.2, 0.25) is 11.0 Å². The molecule has 0 aliphatic heterocycles. The van der Waals surface area contributed by atoms with Crippen molar-refractivity contribution >= 4 is 39.6 Å². The molecule has 2 aromatic carbocycles. The number of aromatic hydroxyl groups is 1. The van der Waals surface area contributed by atoms with Crippen molar-refractivity contribution in [3.8, 4) is 11.6 Å². The number of ether oxygens (including phenoxy) is 1. The number of methoxy groups -OCH3 is 1. The predicted molar refractivity (Wildman–Crippen MR) is 108 cm³/mol. The summed E-state index contributed by atoms with van der Waals surface area (Å²) in [4.78, 5) is 0. The minimum Gasteiger partial charge on any atom is -0.495 e. The lowest BCUT2D eigenvalue weighted by molar-refractivity contribution is 0.417. The van der Waals surface area contributed by atoms with E-state index in [1.54, 1.807) is 7.11 Å². The molecular formula is C19H20N4O2S. The summed E-state index contributed by atoms with van der Waals surface area (Å²) >= 11 is 5.25. The fourth-order valence-electron chi connectivity index (χ4n) is 2.80. The molecule has 3 aromatic rings. The van der Waals surface area contributed by atoms with Gasteiger partial charge in [0, 0.05) is 11.9 Å². The molecule has 0 aliphatic rings. The molecule has 0 spiro atoms. The number of azo groups is 1. The number of nitrogens with one attached hydrogen (secondary N) is 1. The van der Waals surface area contributed by atoms with Crippen molar-refractivity contribution < 1.29 is 9.84 Å². The van der Waals surface area contributed by atoms with Gasteiger partial charge in [0.1, 0.15) is 5.75 Å². The lowest BCUT2D eigenvalue weighted by Crippen LogP contribution is -2.06. The van der Waals surface area contributed by atoms with E-state index < -0.39 is 0 Å². The lowest BCUT2D eigenvalue weighted by Gasteiger charge is -2.08. The van der Waals surface area contributed by atoms with Crippen LogP contribution in [0.25, 0.3) is 10.9 Å². The molecule has 2 N–H and O–H groups in total. The highest BCUT2D eigenvalue weighted by Gasteiger charge is 2.15. The minimum absolute atomic E-state index is 0.0943. The average molecular weight is 368 g/mol. The molecule has 0 saturated heterocycles. The lowest BCUT2D eigenvalue weighted by atomic mass is 10.2. The first kappa shape index (κ1) is 17.9. The summed E-state index contributed by atoms with van der Waals surface area (Å²) in [6, 6.07) is 15.1. The molecule has 0 saturated carbocycles. The predicted octanol–water partition coefficient (Wildman–Crippen LogP) is 5.25. The van der Waals surface area contributed by atoms with Crippen molar-refractivity contribution in [2.45, 2.75) is 19.9 Å². The van der Waals surface area contributed by atoms with Gasteiger partial charge in [0.15, 0.2) is 5.69 Å². The van der Waals surface area contributed by atoms with Crippen LogP contribution in [0.15, 0.2) is 58.8 Å². The molecule has 134 valence electrons. The van der Waals surface area contributed by atoms with E-state index >= 15 is 0 Å². The maximum absolute atomic E-state index is 10.6. The van der Waals surface area contributed by atoms with Crippen LogP contribution in [0.4, 0.5) is 11.4 Å². The van der Waals surface area contributed by atoms with Crippen molar-refractivity contribution in [3.05, 3.63) is 48.5 Å². The Morgan fingerprint density at radius 2 is 1.92 bits per heavy atom. The highest BCUT2D eigenvalue weighted by atomic mass is 32.1. The molecule has 26 heavy (non-hydrogen) atoms. The monoisotopic (exact) mass is 368 g/mol. The smallest absolute Gasteiger partial charge is 0.220 e. The summed E-state index contributed by atoms with van der Waals surface area (Å²) in [6.07, 6.45) is 0.899. The van der Waals surface area contributed by atoms with Crippen LogP contribution in [0.3, 0.4) is 0 Å². The van der Waals surface area contributed by atoms with Crippen molar-refractivity contribution in [3.63, 3.8) is 0 Å². The molecule has 0 aliphatic carbocycles. The zero-order valence-electron chi connectivity index (χ0n) is 14.6. The molecule has 0 bridgehead atoms. The number of fused-ring (bicyclic) bond motifs is 1. The maximum Gasteiger partial charge on any atom is 0.220 e. The Morgan fingerprint density at radius 3 is 2.69 bits per heavy atom. The molecule has 0 radical (unpaired) electrons. The number of hydrogen-bond acceptors (Lipinski definition) is 4. The highest BCUT2D eigenvalue weighted by Crippen LogP contribution is 2.39. The largest absolute Gasteiger partial charge is 0.495 e. The van der Waals surface area contributed by atoms with E-state index in [0.717, 1.165) is 17.3 Å². The topological polar surface area (TPSA) is 71.1 Å². The summed E-state index contributed by atoms with van der Waals surface area (Å²) in [5.74, 6) is 0.754. The van der Waals surface area contributed by atoms with Crippen LogP contribution in [0.5, 0.6) is 11.6 Å². The van der Waals surface area contributed by atoms with Crippen LogP contribution in [-0.2, 0) is 6.54 Å². The fourth-order valence-corrected chi connectivity index (χ4v) is 2.95. The van der Waals surface area contributed by atoms with Crippen molar-refractivity contribution in [2.24, 2.45) is 10.2 Å². The third kappa shape index (κ3) is 3.52. The molecule has 7 heteroatoms. The number of rotatable bonds is 5. The molecule has 0 fully saturated rings. The van der Waals surface area contributed by atoms with Gasteiger partial charge in [-0.25, -0.2) is 0 Å². The maximum atomic E-state index is 10.6. The summed E-state index contributed by atoms with van der Waals surface area (Å²) in [6.45, 7) is 2.76. The first-order valence-electron chi connectivity index (χ1n) is 8.31. The van der Waals surface area contributed by atoms with Gasteiger partial charge >= 0.3 is 0 Å². The van der Waals surface area contributed by atoms with Gasteiger partial charge in [-0.15, -0.1) is 10.2 Å². The number of anilines is 1. The van der Waals surface area contributed by atoms with Gasteiger partial charge in [-0.05, 0) is 36.8 Å². The number of thiocarbonyl (C=S) groups is 1. The standard InChI is InChI=1S/C19H20N4O2S/c1-3-12-23-15-10-6-4-8-13(15)17(18(23)24)21-22-19(26)20-14-9-5-7-11-16(14)25-2/h4-11,24H,3,12H2,1-2H3,(H,20,26). The molecule has 1 heterocycles. The molecule has 0 amide bonds. The Bertz CT molecular complexity index is 965. The van der Waals surface area contributed by atoms with Gasteiger partial charge < -0.3 is 19.7 Å². The van der Waals surface area contributed by atoms with Crippen molar-refractivity contribution in [1.29, 1.82) is 0 Å². The average Bonchev–Trinajstić information content (AvgIpc) is 2.92. The van der Waals surface area contributed by atoms with E-state index in [0.29, 0.717) is 23.7 Å². The van der Waals surface area contributed by atoms with Gasteiger partial charge in [0.25, 0.3) is 0 Å². The summed E-state index contributed by atoms with van der Waals surface area (Å²) < 4.78 is 7.11. The van der Waals surface area contributed by atoms with E-state index in [1.165, 1.54) is 0 Å². The zero-order valence-corrected chi connectivity index (χ0v) is 15.5. The molecule has 1 aromatic heterocycles. The Hall–Kier alpha value is -2.93. The van der Waals surface area contributed by atoms with Crippen LogP contribution >= 0.6 is 12.2 Å². The molecular weight excluding hydrogens is 348 g/mol. The van der Waals surface area contributed by atoms with Crippen LogP contribution in [-0.4, -0.2) is 21.9 Å². The summed E-state index contributed by atoms with van der Waals surface area (Å²) in [5, 5.41) is 22.8. The number of aryl methyl sites for hydroxylation is 1. The second kappa shape index (κ2) is 7.97. The molecule has 6 nitrogen and oxygen atoms in total. The van der Waals surface area contributed by atoms with E-state index in [9.17, 15) is 5.11 Å². The van der Waals surface area contributed by atoms with E-state index in [4.69, 9.17) is 17.0 Å². The van der Waals surface area contributed by atoms with Gasteiger partial charge in [-0.1, -0.05) is 37.3 Å². The minimum atomic E-state index is 0.0943. The number of hydrogen-bond donors (Lipinski definition) is 2. The molecule has 0 unspecified atom stereocenters. The number of aromatic nitrogens is 1. The third-order valence-electron chi connectivity index (χ3n) is 3.95. The second-order valence-electron chi connectivity index (χ2n) is 5.67. The first-order valence-corrected chi connectivity index (χ1v) is 8.72. The quantitative estimate of drug-likeness (QED) is 0.477. The Balaban J connectivity index is 1.88. The van der Waals surface area contributed by atoms with Gasteiger partial charge in [0.05, 0.1) is 18.3 Å². The zero-order chi connectivity index (χ0) is 18.5. The van der Waals surface area contributed by atoms with E-state index in [2.05, 4.69) is 22.5 Å². The summed E-state index contributed by atoms with van der Waals surface area (Å²) in [5.41, 5.74) is 2.04. The number of para-hydroxylation sites is 3. The van der Waals surface area contributed by atoms with Crippen molar-refractivity contribution in [2.75, 3.05) is 12.4 Å². The SMILES string of the molecule is CCCn1c(O)c(N=NC(=S)Nc2ccccc2OC)c2ccccc21. The first-order chi connectivity index (χ1) is 12.7. The van der Waals surface area contributed by atoms with Crippen LogP contribution < -0.4 is 10.1 Å². The Kier molecular flexibility index (Phi) is 5.48. The Labute approximate surface area is 157 Å². The van der Waals surface area contributed by atoms with E-state index in [1.807, 2.05) is 53.1 Å². The third-order valence-corrected chi connectivity index (χ3v) is 4.14. The normalized spacial score (nSPS) is 11.2. The van der Waals surface area contributed by atoms with Crippen molar-refractivity contribution in [1.82, 2.24) is 4.57 Å². The number of benzene rings is 2. The highest BCUT2D eigenvalue weighted by molar-refractivity contribution is 7.80.